The van der Waals surface area contributed by atoms with Crippen LogP contribution in [0.3, 0.4) is 0 Å². The molecule has 24 heavy (non-hydrogen) atoms. The number of rotatable bonds is 7. The normalized spacial score (nSPS) is 11.0. The number of hydrogen-bond donors (Lipinski definition) is 2. The molecule has 126 valence electrons. The number of nitrogens with zero attached hydrogens (tertiary/aromatic N) is 1. The highest BCUT2D eigenvalue weighted by Gasteiger charge is 2.03. The van der Waals surface area contributed by atoms with Crippen molar-refractivity contribution in [3.05, 3.63) is 64.7 Å². The van der Waals surface area contributed by atoms with Crippen LogP contribution in [-0.4, -0.2) is 25.5 Å². The molecule has 0 spiro atoms. The summed E-state index contributed by atoms with van der Waals surface area (Å²) in [7, 11) is 1.60. The minimum atomic E-state index is -0.293. The van der Waals surface area contributed by atoms with Gasteiger partial charge in [0.25, 0.3) is 5.91 Å². The minimum Gasteiger partial charge on any atom is -0.497 e. The van der Waals surface area contributed by atoms with Gasteiger partial charge < -0.3 is 20.6 Å². The quantitative estimate of drug-likeness (QED) is 0.457. The van der Waals surface area contributed by atoms with Gasteiger partial charge >= 0.3 is 0 Å². The van der Waals surface area contributed by atoms with Crippen LogP contribution >= 0.6 is 11.6 Å². The van der Waals surface area contributed by atoms with Crippen LogP contribution in [0.2, 0.25) is 5.02 Å². The molecule has 0 heterocycles. The van der Waals surface area contributed by atoms with Crippen molar-refractivity contribution < 1.29 is 14.4 Å². The number of nitrogens with two attached hydrogens (primary N) is 1. The van der Waals surface area contributed by atoms with E-state index in [-0.39, 0.29) is 18.3 Å². The van der Waals surface area contributed by atoms with Gasteiger partial charge in [0.1, 0.15) is 5.75 Å². The summed E-state index contributed by atoms with van der Waals surface area (Å²) in [6.07, 6.45) is 0. The number of amidine groups is 1. The lowest BCUT2D eigenvalue weighted by Gasteiger charge is -2.06. The number of halogens is 1. The molecular formula is C17H18ClN3O3. The van der Waals surface area contributed by atoms with Gasteiger partial charge in [-0.25, -0.2) is 0 Å². The first kappa shape index (κ1) is 17.6. The summed E-state index contributed by atoms with van der Waals surface area (Å²) in [6.45, 7) is 0.174. The van der Waals surface area contributed by atoms with E-state index in [0.717, 1.165) is 11.3 Å². The molecule has 2 aromatic carbocycles. The molecule has 0 radical (unpaired) electrons. The molecule has 0 aliphatic heterocycles. The first-order chi connectivity index (χ1) is 11.6. The first-order valence-corrected chi connectivity index (χ1v) is 7.57. The Labute approximate surface area is 145 Å². The van der Waals surface area contributed by atoms with Gasteiger partial charge in [0.15, 0.2) is 12.4 Å². The predicted octanol–water partition coefficient (Wildman–Crippen LogP) is 2.30. The van der Waals surface area contributed by atoms with E-state index in [9.17, 15) is 4.79 Å². The number of carbonyl (C=O) groups is 1. The summed E-state index contributed by atoms with van der Waals surface area (Å²) >= 11 is 5.79. The highest BCUT2D eigenvalue weighted by atomic mass is 35.5. The van der Waals surface area contributed by atoms with Crippen molar-refractivity contribution >= 4 is 23.3 Å². The number of benzene rings is 2. The van der Waals surface area contributed by atoms with E-state index in [2.05, 4.69) is 10.5 Å². The maximum Gasteiger partial charge on any atom is 0.261 e. The summed E-state index contributed by atoms with van der Waals surface area (Å²) in [6, 6.07) is 14.2. The Balaban J connectivity index is 1.76. The van der Waals surface area contributed by atoms with E-state index >= 15 is 0 Å². The Kier molecular flexibility index (Phi) is 6.45. The number of nitrogens with one attached hydrogen (secondary N) is 1. The van der Waals surface area contributed by atoms with Crippen molar-refractivity contribution in [2.75, 3.05) is 13.7 Å². The predicted molar refractivity (Wildman–Crippen MR) is 93.0 cm³/mol. The molecule has 3 N–H and O–H groups in total. The molecule has 2 rings (SSSR count). The standard InChI is InChI=1S/C17H18ClN3O3/c1-23-15-8-2-12(3-9-15)10-20-16(22)11-24-21-17(19)13-4-6-14(18)7-5-13/h2-9H,10-11H2,1H3,(H2,19,21)(H,20,22). The van der Waals surface area contributed by atoms with Crippen molar-refractivity contribution in [1.82, 2.24) is 5.32 Å². The zero-order valence-electron chi connectivity index (χ0n) is 13.2. The monoisotopic (exact) mass is 347 g/mol. The van der Waals surface area contributed by atoms with Gasteiger partial charge in [-0.05, 0) is 42.0 Å². The van der Waals surface area contributed by atoms with Crippen LogP contribution in [0.4, 0.5) is 0 Å². The van der Waals surface area contributed by atoms with E-state index in [1.54, 1.807) is 31.4 Å². The van der Waals surface area contributed by atoms with Crippen molar-refractivity contribution in [2.45, 2.75) is 6.54 Å². The maximum atomic E-state index is 11.7. The van der Waals surface area contributed by atoms with Crippen LogP contribution < -0.4 is 15.8 Å². The van der Waals surface area contributed by atoms with E-state index < -0.39 is 0 Å². The van der Waals surface area contributed by atoms with Gasteiger partial charge in [-0.1, -0.05) is 28.9 Å². The summed E-state index contributed by atoms with van der Waals surface area (Å²) < 4.78 is 5.07. The fourth-order valence-electron chi connectivity index (χ4n) is 1.83. The number of ether oxygens (including phenoxy) is 1. The SMILES string of the molecule is COc1ccc(CNC(=O)CO/N=C(\N)c2ccc(Cl)cc2)cc1. The molecular weight excluding hydrogens is 330 g/mol. The minimum absolute atomic E-state index is 0.176. The third-order valence-electron chi connectivity index (χ3n) is 3.15. The Morgan fingerprint density at radius 2 is 1.83 bits per heavy atom. The van der Waals surface area contributed by atoms with Crippen LogP contribution in [-0.2, 0) is 16.2 Å². The highest BCUT2D eigenvalue weighted by molar-refractivity contribution is 6.30. The summed E-state index contributed by atoms with van der Waals surface area (Å²) in [4.78, 5) is 16.7. The van der Waals surface area contributed by atoms with Gasteiger partial charge in [0, 0.05) is 17.1 Å². The number of amides is 1. The molecule has 0 atom stereocenters. The van der Waals surface area contributed by atoms with Crippen LogP contribution in [0, 0.1) is 0 Å². The molecule has 7 heteroatoms. The molecule has 0 aliphatic carbocycles. The second-order valence-electron chi connectivity index (χ2n) is 4.88. The average molecular weight is 348 g/mol. The van der Waals surface area contributed by atoms with Crippen molar-refractivity contribution in [3.8, 4) is 5.75 Å². The zero-order chi connectivity index (χ0) is 17.4. The highest BCUT2D eigenvalue weighted by Crippen LogP contribution is 2.11. The largest absolute Gasteiger partial charge is 0.497 e. The molecule has 2 aromatic rings. The third kappa shape index (κ3) is 5.48. The summed E-state index contributed by atoms with van der Waals surface area (Å²) in [5, 5.41) is 7.04. The Morgan fingerprint density at radius 1 is 1.17 bits per heavy atom. The molecule has 0 saturated carbocycles. The van der Waals surface area contributed by atoms with Crippen molar-refractivity contribution in [1.29, 1.82) is 0 Å². The molecule has 0 bridgehead atoms. The molecule has 0 aliphatic rings. The Morgan fingerprint density at radius 3 is 2.46 bits per heavy atom. The molecule has 0 aromatic heterocycles. The van der Waals surface area contributed by atoms with E-state index in [1.165, 1.54) is 0 Å². The molecule has 0 saturated heterocycles. The fourth-order valence-corrected chi connectivity index (χ4v) is 1.95. The van der Waals surface area contributed by atoms with E-state index in [4.69, 9.17) is 26.9 Å². The van der Waals surface area contributed by atoms with Gasteiger partial charge in [-0.3, -0.25) is 4.79 Å². The lowest BCUT2D eigenvalue weighted by molar-refractivity contribution is -0.125. The molecule has 0 fully saturated rings. The number of methoxy groups -OCH3 is 1. The van der Waals surface area contributed by atoms with Crippen molar-refractivity contribution in [2.24, 2.45) is 10.9 Å². The Hall–Kier alpha value is -2.73. The smallest absolute Gasteiger partial charge is 0.261 e. The van der Waals surface area contributed by atoms with Crippen LogP contribution in [0.5, 0.6) is 5.75 Å². The number of carbonyl (C=O) groups excluding carboxylic acids is 1. The molecule has 0 unspecified atom stereocenters. The number of oxime groups is 1. The van der Waals surface area contributed by atoms with Crippen LogP contribution in [0.25, 0.3) is 0 Å². The zero-order valence-corrected chi connectivity index (χ0v) is 13.9. The second-order valence-corrected chi connectivity index (χ2v) is 5.32. The van der Waals surface area contributed by atoms with Crippen LogP contribution in [0.15, 0.2) is 53.7 Å². The lowest BCUT2D eigenvalue weighted by atomic mass is 10.2. The number of hydrogen-bond acceptors (Lipinski definition) is 4. The second kappa shape index (κ2) is 8.79. The van der Waals surface area contributed by atoms with Gasteiger partial charge in [0.05, 0.1) is 7.11 Å². The Bertz CT molecular complexity index is 700. The van der Waals surface area contributed by atoms with Gasteiger partial charge in [-0.2, -0.15) is 0 Å². The van der Waals surface area contributed by atoms with Crippen LogP contribution in [0.1, 0.15) is 11.1 Å². The van der Waals surface area contributed by atoms with E-state index in [1.807, 2.05) is 24.3 Å². The topological polar surface area (TPSA) is 85.9 Å². The van der Waals surface area contributed by atoms with Gasteiger partial charge in [0.2, 0.25) is 0 Å². The summed E-state index contributed by atoms with van der Waals surface area (Å²) in [5.41, 5.74) is 7.38. The van der Waals surface area contributed by atoms with E-state index in [0.29, 0.717) is 17.1 Å². The fraction of sp³-hybridized carbons (Fsp3) is 0.176. The first-order valence-electron chi connectivity index (χ1n) is 7.19. The lowest BCUT2D eigenvalue weighted by Crippen LogP contribution is -2.27. The van der Waals surface area contributed by atoms with Gasteiger partial charge in [-0.15, -0.1) is 0 Å². The molecule has 6 nitrogen and oxygen atoms in total. The summed E-state index contributed by atoms with van der Waals surface area (Å²) in [5.74, 6) is 0.647. The third-order valence-corrected chi connectivity index (χ3v) is 3.40. The van der Waals surface area contributed by atoms with Crippen molar-refractivity contribution in [3.63, 3.8) is 0 Å². The maximum absolute atomic E-state index is 11.7. The average Bonchev–Trinajstić information content (AvgIpc) is 2.61. The molecule has 1 amide bonds.